The second-order valence-electron chi connectivity index (χ2n) is 14.0. The molecule has 0 saturated carbocycles. The molecule has 4 rings (SSSR count). The first-order valence-electron chi connectivity index (χ1n) is 16.8. The maximum absolute atomic E-state index is 13.9. The second kappa shape index (κ2) is 15.9. The van der Waals surface area contributed by atoms with E-state index in [2.05, 4.69) is 5.32 Å². The monoisotopic (exact) mass is 747 g/mol. The van der Waals surface area contributed by atoms with Gasteiger partial charge in [-0.3, -0.25) is 24.0 Å². The summed E-state index contributed by atoms with van der Waals surface area (Å²) in [5, 5.41) is 14.8. The molecule has 0 aromatic carbocycles. The van der Waals surface area contributed by atoms with Crippen molar-refractivity contribution in [2.75, 3.05) is 13.7 Å². The summed E-state index contributed by atoms with van der Waals surface area (Å²) in [4.78, 5) is 75.6. The SMILES string of the molecule is COC(=O)[C@]1(C(O)C[C@H]2O[C@@H]3OC(C)(C)O[C@@H]3[C@H]3OC(C)(C)O[C@H]32)C[C@H](OC(C)=O)[C@@H](NC(C)=O)[C@H]([C@H](OC(C)=O)[C@@H](COC(C)=O)OC(C)=O)O1. The fraction of sp³-hybridized carbons (Fsp3) is 0.818. The van der Waals surface area contributed by atoms with E-state index in [1.807, 2.05) is 0 Å². The predicted molar refractivity (Wildman–Crippen MR) is 168 cm³/mol. The van der Waals surface area contributed by atoms with Crippen LogP contribution in [0.3, 0.4) is 0 Å². The summed E-state index contributed by atoms with van der Waals surface area (Å²) in [6.07, 6.45) is -13.6. The van der Waals surface area contributed by atoms with E-state index in [-0.39, 0.29) is 0 Å². The minimum atomic E-state index is -2.44. The van der Waals surface area contributed by atoms with Gasteiger partial charge in [0.25, 0.3) is 0 Å². The number of amides is 1. The summed E-state index contributed by atoms with van der Waals surface area (Å²) < 4.78 is 63.9. The van der Waals surface area contributed by atoms with Crippen LogP contribution in [0.1, 0.15) is 75.2 Å². The van der Waals surface area contributed by atoms with Gasteiger partial charge in [-0.25, -0.2) is 4.79 Å². The zero-order chi connectivity index (χ0) is 38.9. The number of aliphatic hydroxyl groups is 1. The normalized spacial score (nSPS) is 34.7. The van der Waals surface area contributed by atoms with Gasteiger partial charge in [0, 0.05) is 47.5 Å². The molecule has 0 spiro atoms. The van der Waals surface area contributed by atoms with E-state index in [9.17, 15) is 33.9 Å². The molecule has 19 heteroatoms. The van der Waals surface area contributed by atoms with Crippen molar-refractivity contribution < 1.29 is 86.0 Å². The number of carbonyl (C=O) groups excluding carboxylic acids is 6. The number of fused-ring (bicyclic) bond motifs is 3. The molecule has 52 heavy (non-hydrogen) atoms. The molecule has 0 radical (unpaired) electrons. The third-order valence-corrected chi connectivity index (χ3v) is 8.83. The number of aliphatic hydroxyl groups excluding tert-OH is 1. The third-order valence-electron chi connectivity index (χ3n) is 8.83. The molecule has 4 aliphatic heterocycles. The molecule has 4 heterocycles. The number of esters is 5. The Morgan fingerprint density at radius 1 is 0.788 bits per heavy atom. The van der Waals surface area contributed by atoms with Crippen molar-refractivity contribution in [2.24, 2.45) is 0 Å². The third kappa shape index (κ3) is 9.36. The number of rotatable bonds is 12. The van der Waals surface area contributed by atoms with Crippen LogP contribution in [0.15, 0.2) is 0 Å². The number of ether oxygens (including phenoxy) is 11. The van der Waals surface area contributed by atoms with E-state index in [0.29, 0.717) is 0 Å². The molecule has 19 nitrogen and oxygen atoms in total. The lowest BCUT2D eigenvalue weighted by molar-refractivity contribution is -0.272. The summed E-state index contributed by atoms with van der Waals surface area (Å²) in [6, 6.07) is -1.40. The molecule has 4 saturated heterocycles. The molecule has 4 fully saturated rings. The molecule has 294 valence electrons. The Morgan fingerprint density at radius 3 is 1.94 bits per heavy atom. The van der Waals surface area contributed by atoms with Crippen LogP contribution in [0.2, 0.25) is 0 Å². The fourth-order valence-corrected chi connectivity index (χ4v) is 7.11. The molecule has 2 N–H and O–H groups in total. The van der Waals surface area contributed by atoms with E-state index in [1.165, 1.54) is 0 Å². The van der Waals surface area contributed by atoms with Crippen LogP contribution < -0.4 is 5.32 Å². The largest absolute Gasteiger partial charge is 0.467 e. The number of nitrogens with one attached hydrogen (secondary N) is 1. The van der Waals surface area contributed by atoms with Gasteiger partial charge in [0.15, 0.2) is 35.7 Å². The van der Waals surface area contributed by atoms with Gasteiger partial charge >= 0.3 is 29.8 Å². The minimum absolute atomic E-state index is 0.397. The topological polar surface area (TPSA) is 236 Å². The summed E-state index contributed by atoms with van der Waals surface area (Å²) in [5.41, 5.74) is -2.44. The zero-order valence-corrected chi connectivity index (χ0v) is 30.9. The predicted octanol–water partition coefficient (Wildman–Crippen LogP) is -0.302. The lowest BCUT2D eigenvalue weighted by Crippen LogP contribution is -2.71. The van der Waals surface area contributed by atoms with Gasteiger partial charge in [0.05, 0.1) is 25.4 Å². The molecule has 0 aromatic rings. The van der Waals surface area contributed by atoms with Crippen molar-refractivity contribution in [3.63, 3.8) is 0 Å². The maximum atomic E-state index is 13.9. The highest BCUT2D eigenvalue weighted by Gasteiger charge is 2.64. The van der Waals surface area contributed by atoms with Crippen molar-refractivity contribution in [3.05, 3.63) is 0 Å². The van der Waals surface area contributed by atoms with Crippen molar-refractivity contribution in [2.45, 2.75) is 160 Å². The van der Waals surface area contributed by atoms with Gasteiger partial charge in [0.1, 0.15) is 37.1 Å². The van der Waals surface area contributed by atoms with E-state index < -0.39 is 140 Å². The van der Waals surface area contributed by atoms with Crippen LogP contribution in [-0.2, 0) is 80.9 Å². The van der Waals surface area contributed by atoms with E-state index in [4.69, 9.17) is 52.1 Å². The standard InChI is InChI=1S/C33H49NO18/c1-14(35)34-23-20(44-16(3)37)12-33(30(41)42-10,51-26(23)24(46-18(5)39)21(45-17(4)38)13-43-15(2)36)22(40)11-19-25-27(49-31(6,7)48-25)28-29(47-19)52-32(8,9)50-28/h19-29,40H,11-13H2,1-10H3,(H,34,35)/t19-,20+,21-,22?,23-,24-,25+,26-,27+,28-,29-,33-/m1/s1. The molecule has 0 aliphatic carbocycles. The molecule has 4 aliphatic rings. The van der Waals surface area contributed by atoms with Crippen LogP contribution in [0.5, 0.6) is 0 Å². The van der Waals surface area contributed by atoms with Gasteiger partial charge in [-0.05, 0) is 27.7 Å². The van der Waals surface area contributed by atoms with E-state index in [1.54, 1.807) is 27.7 Å². The first-order chi connectivity index (χ1) is 24.1. The summed E-state index contributed by atoms with van der Waals surface area (Å²) in [7, 11) is 1.03. The smallest absolute Gasteiger partial charge is 0.341 e. The lowest BCUT2D eigenvalue weighted by atomic mass is 9.78. The van der Waals surface area contributed by atoms with Gasteiger partial charge < -0.3 is 62.5 Å². The Balaban J connectivity index is 1.82. The number of methoxy groups -OCH3 is 1. The van der Waals surface area contributed by atoms with Crippen LogP contribution in [0.25, 0.3) is 0 Å². The fourth-order valence-electron chi connectivity index (χ4n) is 7.11. The van der Waals surface area contributed by atoms with Crippen molar-refractivity contribution in [1.82, 2.24) is 5.32 Å². The molecule has 1 amide bonds. The van der Waals surface area contributed by atoms with Crippen molar-refractivity contribution >= 4 is 35.8 Å². The highest BCUT2D eigenvalue weighted by Crippen LogP contribution is 2.47. The highest BCUT2D eigenvalue weighted by atomic mass is 16.9. The Labute approximate surface area is 300 Å². The summed E-state index contributed by atoms with van der Waals surface area (Å²) in [5.74, 6) is -7.42. The summed E-state index contributed by atoms with van der Waals surface area (Å²) >= 11 is 0. The molecule has 0 bridgehead atoms. The van der Waals surface area contributed by atoms with Crippen LogP contribution in [-0.4, -0.2) is 139 Å². The van der Waals surface area contributed by atoms with Gasteiger partial charge in [0.2, 0.25) is 5.91 Å². The molecule has 0 aromatic heterocycles. The first-order valence-corrected chi connectivity index (χ1v) is 16.8. The lowest BCUT2D eigenvalue weighted by Gasteiger charge is -2.51. The van der Waals surface area contributed by atoms with Crippen LogP contribution in [0.4, 0.5) is 0 Å². The quantitative estimate of drug-likeness (QED) is 0.192. The number of hydrogen-bond acceptors (Lipinski definition) is 18. The molecular formula is C33H49NO18. The zero-order valence-electron chi connectivity index (χ0n) is 30.9. The Morgan fingerprint density at radius 2 is 1.38 bits per heavy atom. The number of hydrogen-bond donors (Lipinski definition) is 2. The van der Waals surface area contributed by atoms with E-state index >= 15 is 0 Å². The molecular weight excluding hydrogens is 698 g/mol. The van der Waals surface area contributed by atoms with Crippen LogP contribution >= 0.6 is 0 Å². The van der Waals surface area contributed by atoms with Gasteiger partial charge in [-0.1, -0.05) is 0 Å². The Hall–Kier alpha value is -3.46. The van der Waals surface area contributed by atoms with Crippen molar-refractivity contribution in [1.29, 1.82) is 0 Å². The molecule has 1 unspecified atom stereocenters. The average molecular weight is 748 g/mol. The minimum Gasteiger partial charge on any atom is -0.467 e. The Kier molecular flexibility index (Phi) is 12.6. The van der Waals surface area contributed by atoms with E-state index in [0.717, 1.165) is 41.7 Å². The number of carbonyl (C=O) groups is 6. The highest BCUT2D eigenvalue weighted by molar-refractivity contribution is 5.81. The average Bonchev–Trinajstić information content (AvgIpc) is 3.51. The van der Waals surface area contributed by atoms with Crippen molar-refractivity contribution in [3.8, 4) is 0 Å². The van der Waals surface area contributed by atoms with Crippen LogP contribution in [0, 0.1) is 0 Å². The Bertz CT molecular complexity index is 1380. The molecule has 12 atom stereocenters. The summed E-state index contributed by atoms with van der Waals surface area (Å²) in [6.45, 7) is 11.5. The first kappa shape index (κ1) is 41.3. The maximum Gasteiger partial charge on any atom is 0.341 e. The second-order valence-corrected chi connectivity index (χ2v) is 14.0. The van der Waals surface area contributed by atoms with Gasteiger partial charge in [-0.15, -0.1) is 0 Å². The van der Waals surface area contributed by atoms with Gasteiger partial charge in [-0.2, -0.15) is 0 Å².